The van der Waals surface area contributed by atoms with Gasteiger partial charge in [0, 0.05) is 6.61 Å². The molecule has 2 aliphatic carbocycles. The summed E-state index contributed by atoms with van der Waals surface area (Å²) in [5, 5.41) is 0. The SMILES string of the molecule is CCCCCCOC1CCC2CC(c3ccc(OC(F)F)cc3)CCC2C1. The first kappa shape index (κ1) is 20.6. The summed E-state index contributed by atoms with van der Waals surface area (Å²) in [4.78, 5) is 0. The van der Waals surface area contributed by atoms with Gasteiger partial charge in [-0.15, -0.1) is 0 Å². The maximum Gasteiger partial charge on any atom is 0.387 e. The van der Waals surface area contributed by atoms with Gasteiger partial charge in [-0.25, -0.2) is 0 Å². The molecule has 3 rings (SSSR count). The Morgan fingerprint density at radius 3 is 2.41 bits per heavy atom. The minimum atomic E-state index is -2.75. The minimum absolute atomic E-state index is 0.249. The van der Waals surface area contributed by atoms with Crippen LogP contribution in [0.1, 0.15) is 82.6 Å². The van der Waals surface area contributed by atoms with Gasteiger partial charge in [0.2, 0.25) is 0 Å². The lowest BCUT2D eigenvalue weighted by atomic mass is 9.65. The van der Waals surface area contributed by atoms with Crippen molar-refractivity contribution in [1.82, 2.24) is 0 Å². The van der Waals surface area contributed by atoms with Gasteiger partial charge in [-0.2, -0.15) is 8.78 Å². The third-order valence-corrected chi connectivity index (χ3v) is 6.49. The van der Waals surface area contributed by atoms with E-state index in [1.165, 1.54) is 69.8 Å². The summed E-state index contributed by atoms with van der Waals surface area (Å²) in [5.74, 6) is 2.40. The van der Waals surface area contributed by atoms with Crippen molar-refractivity contribution in [3.05, 3.63) is 29.8 Å². The summed E-state index contributed by atoms with van der Waals surface area (Å²) in [7, 11) is 0. The molecular formula is C23H34F2O2. The maximum atomic E-state index is 12.3. The summed E-state index contributed by atoms with van der Waals surface area (Å²) in [6.45, 7) is 0.414. The Labute approximate surface area is 162 Å². The monoisotopic (exact) mass is 380 g/mol. The van der Waals surface area contributed by atoms with Crippen LogP contribution >= 0.6 is 0 Å². The van der Waals surface area contributed by atoms with E-state index in [1.54, 1.807) is 12.1 Å². The fourth-order valence-corrected chi connectivity index (χ4v) is 5.00. The van der Waals surface area contributed by atoms with Gasteiger partial charge in [0.1, 0.15) is 5.75 Å². The number of halogens is 2. The van der Waals surface area contributed by atoms with Crippen molar-refractivity contribution < 1.29 is 18.3 Å². The molecule has 0 radical (unpaired) electrons. The van der Waals surface area contributed by atoms with Gasteiger partial charge in [0.15, 0.2) is 0 Å². The van der Waals surface area contributed by atoms with E-state index in [9.17, 15) is 8.78 Å². The van der Waals surface area contributed by atoms with Crippen LogP contribution in [-0.4, -0.2) is 19.3 Å². The van der Waals surface area contributed by atoms with Gasteiger partial charge >= 0.3 is 6.61 Å². The molecule has 0 saturated heterocycles. The summed E-state index contributed by atoms with van der Waals surface area (Å²) in [6.07, 6.45) is 12.9. The molecule has 2 fully saturated rings. The zero-order chi connectivity index (χ0) is 19.1. The third-order valence-electron chi connectivity index (χ3n) is 6.49. The van der Waals surface area contributed by atoms with Gasteiger partial charge in [-0.1, -0.05) is 38.3 Å². The Balaban J connectivity index is 1.43. The van der Waals surface area contributed by atoms with Crippen LogP contribution in [0, 0.1) is 11.8 Å². The normalized spacial score (nSPS) is 28.1. The van der Waals surface area contributed by atoms with E-state index in [2.05, 4.69) is 11.7 Å². The highest BCUT2D eigenvalue weighted by Crippen LogP contribution is 2.46. The lowest BCUT2D eigenvalue weighted by molar-refractivity contribution is -0.0498. The van der Waals surface area contributed by atoms with Gasteiger partial charge in [0.05, 0.1) is 6.10 Å². The lowest BCUT2D eigenvalue weighted by Crippen LogP contribution is -2.33. The van der Waals surface area contributed by atoms with Crippen LogP contribution in [0.3, 0.4) is 0 Å². The summed E-state index contributed by atoms with van der Waals surface area (Å²) in [5.41, 5.74) is 1.27. The molecule has 152 valence electrons. The van der Waals surface area contributed by atoms with E-state index in [1.807, 2.05) is 12.1 Å². The second-order valence-corrected chi connectivity index (χ2v) is 8.34. The van der Waals surface area contributed by atoms with Crippen molar-refractivity contribution in [2.24, 2.45) is 11.8 Å². The Morgan fingerprint density at radius 1 is 0.926 bits per heavy atom. The molecule has 0 aliphatic heterocycles. The third kappa shape index (κ3) is 6.17. The van der Waals surface area contributed by atoms with Crippen molar-refractivity contribution in [3.63, 3.8) is 0 Å². The zero-order valence-electron chi connectivity index (χ0n) is 16.5. The standard InChI is InChI=1S/C23H34F2O2/c1-2-3-4-5-14-26-22-13-10-19-15-18(6-7-20(19)16-22)17-8-11-21(12-9-17)27-23(24)25/h8-9,11-12,18-20,22-23H,2-7,10,13-16H2,1H3. The Kier molecular flexibility index (Phi) is 7.93. The van der Waals surface area contributed by atoms with E-state index in [-0.39, 0.29) is 5.75 Å². The minimum Gasteiger partial charge on any atom is -0.435 e. The molecule has 1 aromatic rings. The molecule has 1 aromatic carbocycles. The van der Waals surface area contributed by atoms with Crippen molar-refractivity contribution in [1.29, 1.82) is 0 Å². The molecule has 27 heavy (non-hydrogen) atoms. The molecule has 0 aromatic heterocycles. The summed E-state index contributed by atoms with van der Waals surface area (Å²) < 4.78 is 35.2. The Bertz CT molecular complexity index is 546. The number of alkyl halides is 2. The highest BCUT2D eigenvalue weighted by atomic mass is 19.3. The first-order valence-corrected chi connectivity index (χ1v) is 10.8. The van der Waals surface area contributed by atoms with E-state index < -0.39 is 6.61 Å². The van der Waals surface area contributed by atoms with Crippen molar-refractivity contribution in [2.45, 2.75) is 89.8 Å². The van der Waals surface area contributed by atoms with Gasteiger partial charge in [0.25, 0.3) is 0 Å². The van der Waals surface area contributed by atoms with E-state index in [0.717, 1.165) is 18.4 Å². The van der Waals surface area contributed by atoms with Gasteiger partial charge in [-0.3, -0.25) is 0 Å². The van der Waals surface area contributed by atoms with E-state index in [4.69, 9.17) is 4.74 Å². The second kappa shape index (κ2) is 10.4. The van der Waals surface area contributed by atoms with Crippen LogP contribution in [0.5, 0.6) is 5.75 Å². The van der Waals surface area contributed by atoms with E-state index in [0.29, 0.717) is 12.0 Å². The largest absolute Gasteiger partial charge is 0.435 e. The summed E-state index contributed by atoms with van der Waals surface area (Å²) >= 11 is 0. The van der Waals surface area contributed by atoms with Crippen molar-refractivity contribution >= 4 is 0 Å². The molecular weight excluding hydrogens is 346 g/mol. The van der Waals surface area contributed by atoms with Crippen molar-refractivity contribution in [2.75, 3.05) is 6.61 Å². The number of hydrogen-bond acceptors (Lipinski definition) is 2. The molecule has 0 bridgehead atoms. The second-order valence-electron chi connectivity index (χ2n) is 8.34. The Hall–Kier alpha value is -1.16. The average Bonchev–Trinajstić information content (AvgIpc) is 2.67. The van der Waals surface area contributed by atoms with Crippen LogP contribution in [0.4, 0.5) is 8.78 Å². The fraction of sp³-hybridized carbons (Fsp3) is 0.739. The molecule has 4 heteroatoms. The average molecular weight is 381 g/mol. The number of fused-ring (bicyclic) bond motifs is 1. The molecule has 4 atom stereocenters. The van der Waals surface area contributed by atoms with Crippen LogP contribution in [-0.2, 0) is 4.74 Å². The van der Waals surface area contributed by atoms with E-state index >= 15 is 0 Å². The van der Waals surface area contributed by atoms with Crippen LogP contribution < -0.4 is 4.74 Å². The predicted molar refractivity (Wildman–Crippen MR) is 104 cm³/mol. The first-order chi connectivity index (χ1) is 13.2. The number of hydrogen-bond donors (Lipinski definition) is 0. The number of unbranched alkanes of at least 4 members (excludes halogenated alkanes) is 3. The fourth-order valence-electron chi connectivity index (χ4n) is 5.00. The molecule has 0 N–H and O–H groups in total. The Morgan fingerprint density at radius 2 is 1.67 bits per heavy atom. The predicted octanol–water partition coefficient (Wildman–Crippen LogP) is 6.94. The quantitative estimate of drug-likeness (QED) is 0.432. The van der Waals surface area contributed by atoms with Gasteiger partial charge in [-0.05, 0) is 80.4 Å². The number of rotatable bonds is 9. The number of benzene rings is 1. The lowest BCUT2D eigenvalue weighted by Gasteiger charge is -2.42. The number of ether oxygens (including phenoxy) is 2. The van der Waals surface area contributed by atoms with Crippen LogP contribution in [0.25, 0.3) is 0 Å². The van der Waals surface area contributed by atoms with Crippen LogP contribution in [0.15, 0.2) is 24.3 Å². The van der Waals surface area contributed by atoms with Gasteiger partial charge < -0.3 is 9.47 Å². The highest BCUT2D eigenvalue weighted by molar-refractivity contribution is 5.30. The molecule has 0 heterocycles. The summed E-state index contributed by atoms with van der Waals surface area (Å²) in [6, 6.07) is 7.29. The molecule has 2 nitrogen and oxygen atoms in total. The smallest absolute Gasteiger partial charge is 0.387 e. The topological polar surface area (TPSA) is 18.5 Å². The molecule has 2 saturated carbocycles. The zero-order valence-corrected chi connectivity index (χ0v) is 16.5. The first-order valence-electron chi connectivity index (χ1n) is 10.8. The molecule has 0 amide bonds. The van der Waals surface area contributed by atoms with Crippen LogP contribution in [0.2, 0.25) is 0 Å². The molecule has 2 aliphatic rings. The van der Waals surface area contributed by atoms with Crippen molar-refractivity contribution in [3.8, 4) is 5.75 Å². The molecule has 4 unspecified atom stereocenters. The molecule has 0 spiro atoms. The maximum absolute atomic E-state index is 12.3. The highest BCUT2D eigenvalue weighted by Gasteiger charge is 2.36.